The van der Waals surface area contributed by atoms with Crippen molar-refractivity contribution in [3.05, 3.63) is 90.1 Å². The Kier molecular flexibility index (Phi) is 20.0. The van der Waals surface area contributed by atoms with Gasteiger partial charge in [-0.15, -0.1) is 0 Å². The van der Waals surface area contributed by atoms with Crippen molar-refractivity contribution in [3.63, 3.8) is 0 Å². The summed E-state index contributed by atoms with van der Waals surface area (Å²) in [5, 5.41) is 9.71. The summed E-state index contributed by atoms with van der Waals surface area (Å²) in [6, 6.07) is 18.8. The summed E-state index contributed by atoms with van der Waals surface area (Å²) >= 11 is 0. The van der Waals surface area contributed by atoms with Gasteiger partial charge in [0.1, 0.15) is 18.2 Å². The monoisotopic (exact) mass is 891 g/mol. The quantitative estimate of drug-likeness (QED) is 0.0422. The number of carbonyl (C=O) groups excluding carboxylic acids is 6. The smallest absolute Gasteiger partial charge is 0.453 e. The number of amides is 4. The number of alkyl carbamates (subject to hydrolysis) is 2. The Bertz CT molecular complexity index is 1970. The van der Waals surface area contributed by atoms with Gasteiger partial charge in [0.15, 0.2) is 0 Å². The second-order valence-electron chi connectivity index (χ2n) is 17.6. The number of hydrogen-bond donors (Lipinski definition) is 5. The minimum Gasteiger partial charge on any atom is -0.453 e. The number of carbonyl (C=O) groups is 6. The molecule has 1 heterocycles. The van der Waals surface area contributed by atoms with Gasteiger partial charge < -0.3 is 45.4 Å². The topological polar surface area (TPSA) is 239 Å². The van der Waals surface area contributed by atoms with Crippen LogP contribution >= 0.6 is 0 Å². The molecule has 0 fully saturated rings. The SMILES string of the molecule is COC(=O)N[C@H](C(=O)N[C@@H](Cc1ccccc1)[C@H](CN(Cc1ccc(-c2ccccn2)cc1)NC(=O)[C@@H](NC(=O)OC)C(C)(C)C)OC(=O)OC(OC(=O)CCN)C(C)C)C(C)(C)C. The van der Waals surface area contributed by atoms with E-state index in [9.17, 15) is 28.8 Å². The largest absolute Gasteiger partial charge is 0.511 e. The van der Waals surface area contributed by atoms with Crippen molar-refractivity contribution < 1.29 is 52.5 Å². The first-order valence-corrected chi connectivity index (χ1v) is 21.0. The molecule has 64 heavy (non-hydrogen) atoms. The molecule has 0 saturated heterocycles. The highest BCUT2D eigenvalue weighted by Crippen LogP contribution is 2.24. The molecule has 18 nitrogen and oxygen atoms in total. The lowest BCUT2D eigenvalue weighted by Gasteiger charge is -2.37. The molecule has 6 N–H and O–H groups in total. The number of aromatic nitrogens is 1. The maximum atomic E-state index is 14.4. The molecule has 0 saturated carbocycles. The lowest BCUT2D eigenvalue weighted by molar-refractivity contribution is -0.181. The highest BCUT2D eigenvalue weighted by atomic mass is 16.8. The third-order valence-electron chi connectivity index (χ3n) is 9.78. The van der Waals surface area contributed by atoms with Crippen LogP contribution in [-0.2, 0) is 51.0 Å². The van der Waals surface area contributed by atoms with Gasteiger partial charge >= 0.3 is 24.3 Å². The second kappa shape index (κ2) is 24.5. The van der Waals surface area contributed by atoms with E-state index >= 15 is 0 Å². The van der Waals surface area contributed by atoms with Crippen LogP contribution in [0.4, 0.5) is 14.4 Å². The molecule has 4 amide bonds. The Labute approximate surface area is 375 Å². The third-order valence-corrected chi connectivity index (χ3v) is 9.78. The summed E-state index contributed by atoms with van der Waals surface area (Å²) in [5.41, 5.74) is 9.83. The van der Waals surface area contributed by atoms with E-state index in [4.69, 9.17) is 29.4 Å². The number of ether oxygens (including phenoxy) is 5. The molecule has 0 radical (unpaired) electrons. The van der Waals surface area contributed by atoms with Crippen LogP contribution in [0.5, 0.6) is 0 Å². The maximum Gasteiger partial charge on any atom is 0.511 e. The van der Waals surface area contributed by atoms with E-state index in [-0.39, 0.29) is 32.5 Å². The molecular formula is C46H65N7O11. The van der Waals surface area contributed by atoms with Gasteiger partial charge in [0.25, 0.3) is 12.2 Å². The van der Waals surface area contributed by atoms with Crippen molar-refractivity contribution in [2.24, 2.45) is 22.5 Å². The Hall–Kier alpha value is -6.27. The number of nitrogens with one attached hydrogen (secondary N) is 4. The van der Waals surface area contributed by atoms with Crippen LogP contribution in [0.3, 0.4) is 0 Å². The van der Waals surface area contributed by atoms with Crippen molar-refractivity contribution in [3.8, 4) is 11.3 Å². The van der Waals surface area contributed by atoms with E-state index < -0.39 is 83.4 Å². The fourth-order valence-corrected chi connectivity index (χ4v) is 6.33. The first-order chi connectivity index (χ1) is 30.1. The number of hydrazine groups is 1. The van der Waals surface area contributed by atoms with E-state index in [1.165, 1.54) is 19.2 Å². The second-order valence-corrected chi connectivity index (χ2v) is 17.6. The van der Waals surface area contributed by atoms with Gasteiger partial charge in [-0.25, -0.2) is 19.4 Å². The van der Waals surface area contributed by atoms with Crippen LogP contribution in [0.15, 0.2) is 79.0 Å². The minimum absolute atomic E-state index is 0.00999. The lowest BCUT2D eigenvalue weighted by atomic mass is 9.85. The molecule has 5 atom stereocenters. The molecule has 0 bridgehead atoms. The normalized spacial score (nSPS) is 13.9. The number of nitrogens with two attached hydrogens (primary N) is 1. The van der Waals surface area contributed by atoms with Gasteiger partial charge in [-0.2, -0.15) is 0 Å². The zero-order valence-corrected chi connectivity index (χ0v) is 38.5. The summed E-state index contributed by atoms with van der Waals surface area (Å²) in [5.74, 6) is -2.46. The molecule has 0 aliphatic heterocycles. The van der Waals surface area contributed by atoms with Gasteiger partial charge in [-0.3, -0.25) is 24.8 Å². The standard InChI is InChI=1S/C46H65N7O11/c1-29(2)41(63-36(54)23-24-47)64-44(59)62-35(34(26-30-16-12-11-13-17-30)49-39(55)37(45(3,4)5)50-42(57)60-9)28-53(52-40(56)38(46(6,7)8)51-43(58)61-10)27-31-19-21-32(22-20-31)33-18-14-15-25-48-33/h11-22,25,29,34-35,37-38,41H,23-24,26-28,47H2,1-10H3,(H,49,55)(H,50,57)(H,51,58)(H,52,56)/t34-,35-,37+,38+,41?/m0/s1. The molecular weight excluding hydrogens is 827 g/mol. The fraction of sp³-hybridized carbons (Fsp3) is 0.500. The third kappa shape index (κ3) is 17.1. The summed E-state index contributed by atoms with van der Waals surface area (Å²) in [6.07, 6.45) is -3.98. The predicted octanol–water partition coefficient (Wildman–Crippen LogP) is 5.25. The molecule has 2 aromatic carbocycles. The lowest BCUT2D eigenvalue weighted by Crippen LogP contribution is -2.61. The van der Waals surface area contributed by atoms with Gasteiger partial charge in [0, 0.05) is 30.8 Å². The average molecular weight is 892 g/mol. The molecule has 0 spiro atoms. The van der Waals surface area contributed by atoms with Gasteiger partial charge in [0.05, 0.1) is 38.9 Å². The Morgan fingerprint density at radius 1 is 0.703 bits per heavy atom. The van der Waals surface area contributed by atoms with Gasteiger partial charge in [-0.1, -0.05) is 116 Å². The predicted molar refractivity (Wildman–Crippen MR) is 238 cm³/mol. The van der Waals surface area contributed by atoms with E-state index in [2.05, 4.69) is 26.4 Å². The van der Waals surface area contributed by atoms with E-state index in [1.54, 1.807) is 73.7 Å². The summed E-state index contributed by atoms with van der Waals surface area (Å²) in [7, 11) is 2.36. The number of hydrogen-bond acceptors (Lipinski definition) is 14. The Morgan fingerprint density at radius 2 is 1.28 bits per heavy atom. The number of esters is 1. The minimum atomic E-state index is -1.37. The van der Waals surface area contributed by atoms with Crippen LogP contribution in [0.2, 0.25) is 0 Å². The zero-order chi connectivity index (χ0) is 47.6. The van der Waals surface area contributed by atoms with Gasteiger partial charge in [0.2, 0.25) is 5.91 Å². The van der Waals surface area contributed by atoms with Crippen LogP contribution < -0.4 is 27.1 Å². The Balaban J connectivity index is 2.20. The molecule has 350 valence electrons. The van der Waals surface area contributed by atoms with Crippen LogP contribution in [-0.4, -0.2) is 104 Å². The molecule has 0 aliphatic rings. The van der Waals surface area contributed by atoms with Crippen molar-refractivity contribution in [1.29, 1.82) is 0 Å². The Morgan fingerprint density at radius 3 is 1.80 bits per heavy atom. The van der Waals surface area contributed by atoms with Crippen molar-refractivity contribution in [2.45, 2.75) is 105 Å². The van der Waals surface area contributed by atoms with Crippen LogP contribution in [0, 0.1) is 16.7 Å². The van der Waals surface area contributed by atoms with E-state index in [0.717, 1.165) is 16.8 Å². The number of pyridine rings is 1. The van der Waals surface area contributed by atoms with Crippen molar-refractivity contribution >= 4 is 36.1 Å². The molecule has 1 unspecified atom stereocenters. The highest BCUT2D eigenvalue weighted by molar-refractivity contribution is 5.87. The number of methoxy groups -OCH3 is 2. The first-order valence-electron chi connectivity index (χ1n) is 21.0. The zero-order valence-electron chi connectivity index (χ0n) is 38.5. The van der Waals surface area contributed by atoms with Gasteiger partial charge in [-0.05, 0) is 40.5 Å². The number of rotatable bonds is 20. The number of nitrogens with zero attached hydrogens (tertiary/aromatic N) is 2. The maximum absolute atomic E-state index is 14.4. The van der Waals surface area contributed by atoms with E-state index in [1.807, 2.05) is 60.7 Å². The molecule has 1 aromatic heterocycles. The summed E-state index contributed by atoms with van der Waals surface area (Å²) < 4.78 is 26.8. The van der Waals surface area contributed by atoms with Crippen LogP contribution in [0.25, 0.3) is 11.3 Å². The fourth-order valence-electron chi connectivity index (χ4n) is 6.33. The summed E-state index contributed by atoms with van der Waals surface area (Å²) in [4.78, 5) is 84.5. The number of benzene rings is 2. The van der Waals surface area contributed by atoms with Crippen LogP contribution in [0.1, 0.15) is 72.9 Å². The average Bonchev–Trinajstić information content (AvgIpc) is 3.23. The highest BCUT2D eigenvalue weighted by Gasteiger charge is 2.39. The van der Waals surface area contributed by atoms with Crippen molar-refractivity contribution in [2.75, 3.05) is 27.3 Å². The molecule has 0 aliphatic carbocycles. The first kappa shape index (κ1) is 52.1. The summed E-state index contributed by atoms with van der Waals surface area (Å²) in [6.45, 7) is 13.7. The molecule has 3 aromatic rings. The molecule has 3 rings (SSSR count). The molecule has 18 heteroatoms. The van der Waals surface area contributed by atoms with Crippen molar-refractivity contribution in [1.82, 2.24) is 31.4 Å². The van der Waals surface area contributed by atoms with E-state index in [0.29, 0.717) is 5.56 Å².